The first-order chi connectivity index (χ1) is 12.2. The highest BCUT2D eigenvalue weighted by Gasteiger charge is 2.21. The standard InChI is InChI=1S/C17H17BrO4S.CH2Cl2/c1-11-8-15(9-12(2)17(11)16(19)10-18)23(20,21)14-6-4-13(22-3)5-7-14;2-1-3/h4-9H,10H2,1-3H3;1H2. The zero-order valence-electron chi connectivity index (χ0n) is 14.6. The molecule has 0 aliphatic heterocycles. The van der Waals surface area contributed by atoms with Gasteiger partial charge in [0, 0.05) is 5.56 Å². The largest absolute Gasteiger partial charge is 0.497 e. The molecule has 0 heterocycles. The first-order valence-electron chi connectivity index (χ1n) is 7.44. The van der Waals surface area contributed by atoms with E-state index in [4.69, 9.17) is 27.9 Å². The van der Waals surface area contributed by atoms with Crippen LogP contribution in [-0.4, -0.2) is 32.0 Å². The number of methoxy groups -OCH3 is 1. The van der Waals surface area contributed by atoms with Crippen LogP contribution in [-0.2, 0) is 9.84 Å². The van der Waals surface area contributed by atoms with Crippen molar-refractivity contribution in [3.63, 3.8) is 0 Å². The Morgan fingerprint density at radius 1 is 1.04 bits per heavy atom. The summed E-state index contributed by atoms with van der Waals surface area (Å²) in [5.74, 6) is 0.531. The van der Waals surface area contributed by atoms with E-state index >= 15 is 0 Å². The summed E-state index contributed by atoms with van der Waals surface area (Å²) in [6.45, 7) is 3.49. The molecular weight excluding hydrogens is 463 g/mol. The maximum Gasteiger partial charge on any atom is 0.206 e. The molecule has 26 heavy (non-hydrogen) atoms. The number of carbonyl (C=O) groups excluding carboxylic acids is 1. The van der Waals surface area contributed by atoms with Crippen LogP contribution in [0.3, 0.4) is 0 Å². The molecule has 0 unspecified atom stereocenters. The van der Waals surface area contributed by atoms with Crippen LogP contribution in [0.2, 0.25) is 0 Å². The number of aryl methyl sites for hydroxylation is 2. The van der Waals surface area contributed by atoms with Gasteiger partial charge in [0.1, 0.15) is 5.75 Å². The fourth-order valence-corrected chi connectivity index (χ4v) is 4.19. The van der Waals surface area contributed by atoms with Gasteiger partial charge in [-0.05, 0) is 61.4 Å². The minimum Gasteiger partial charge on any atom is -0.497 e. The highest BCUT2D eigenvalue weighted by molar-refractivity contribution is 9.09. The van der Waals surface area contributed by atoms with Gasteiger partial charge in [0.05, 0.1) is 27.6 Å². The second-order valence-corrected chi connectivity index (χ2v) is 8.59. The second kappa shape index (κ2) is 10.3. The normalized spacial score (nSPS) is 10.7. The molecule has 0 bridgehead atoms. The fraction of sp³-hybridized carbons (Fsp3) is 0.278. The number of ether oxygens (including phenoxy) is 1. The van der Waals surface area contributed by atoms with Gasteiger partial charge < -0.3 is 4.74 Å². The van der Waals surface area contributed by atoms with Crippen molar-refractivity contribution < 1.29 is 17.9 Å². The molecule has 8 heteroatoms. The third-order valence-corrected chi connectivity index (χ3v) is 5.84. The third kappa shape index (κ3) is 5.46. The molecule has 0 aliphatic rings. The minimum absolute atomic E-state index is 0.0617. The summed E-state index contributed by atoms with van der Waals surface area (Å²) in [6, 6.07) is 9.32. The van der Waals surface area contributed by atoms with E-state index in [2.05, 4.69) is 15.9 Å². The maximum absolute atomic E-state index is 12.8. The lowest BCUT2D eigenvalue weighted by Gasteiger charge is -2.12. The molecule has 0 spiro atoms. The number of rotatable bonds is 5. The summed E-state index contributed by atoms with van der Waals surface area (Å²) in [4.78, 5) is 12.3. The topological polar surface area (TPSA) is 60.4 Å². The molecular formula is C18H19BrCl2O4S. The van der Waals surface area contributed by atoms with Crippen molar-refractivity contribution >= 4 is 54.8 Å². The van der Waals surface area contributed by atoms with Gasteiger partial charge in [-0.25, -0.2) is 8.42 Å². The minimum atomic E-state index is -3.64. The van der Waals surface area contributed by atoms with Crippen molar-refractivity contribution in [2.24, 2.45) is 0 Å². The van der Waals surface area contributed by atoms with Gasteiger partial charge >= 0.3 is 0 Å². The molecule has 0 aliphatic carbocycles. The predicted octanol–water partition coefficient (Wildman–Crippen LogP) is 5.14. The number of hydrogen-bond donors (Lipinski definition) is 0. The first-order valence-corrected chi connectivity index (χ1v) is 11.1. The number of ketones is 1. The van der Waals surface area contributed by atoms with E-state index in [1.807, 2.05) is 0 Å². The zero-order chi connectivity index (χ0) is 19.9. The molecule has 2 aromatic carbocycles. The van der Waals surface area contributed by atoms with Crippen molar-refractivity contribution in [3.05, 3.63) is 53.1 Å². The van der Waals surface area contributed by atoms with Crippen LogP contribution in [0.4, 0.5) is 0 Å². The maximum atomic E-state index is 12.8. The number of hydrogen-bond acceptors (Lipinski definition) is 4. The van der Waals surface area contributed by atoms with E-state index in [-0.39, 0.29) is 26.2 Å². The SMILES string of the molecule is COc1ccc(S(=O)(=O)c2cc(C)c(C(=O)CBr)c(C)c2)cc1.ClCCl. The smallest absolute Gasteiger partial charge is 0.206 e. The van der Waals surface area contributed by atoms with Gasteiger partial charge in [0.2, 0.25) is 9.84 Å². The number of alkyl halides is 3. The number of benzene rings is 2. The van der Waals surface area contributed by atoms with Crippen LogP contribution in [0.15, 0.2) is 46.2 Å². The molecule has 0 radical (unpaired) electrons. The third-order valence-electron chi connectivity index (χ3n) is 3.59. The number of sulfone groups is 1. The van der Waals surface area contributed by atoms with Crippen LogP contribution in [0.1, 0.15) is 21.5 Å². The van der Waals surface area contributed by atoms with Gasteiger partial charge in [-0.15, -0.1) is 23.2 Å². The summed E-state index contributed by atoms with van der Waals surface area (Å²) in [5.41, 5.74) is 1.87. The highest BCUT2D eigenvalue weighted by atomic mass is 79.9. The highest BCUT2D eigenvalue weighted by Crippen LogP contribution is 2.27. The van der Waals surface area contributed by atoms with Crippen molar-refractivity contribution in [3.8, 4) is 5.75 Å². The molecule has 0 fully saturated rings. The summed E-state index contributed by atoms with van der Waals surface area (Å²) < 4.78 is 30.6. The van der Waals surface area contributed by atoms with Crippen LogP contribution >= 0.6 is 39.1 Å². The first kappa shape index (κ1) is 23.0. The van der Waals surface area contributed by atoms with Crippen LogP contribution in [0.25, 0.3) is 0 Å². The summed E-state index contributed by atoms with van der Waals surface area (Å²) in [6.07, 6.45) is 0. The summed E-state index contributed by atoms with van der Waals surface area (Å²) in [5, 5.41) is 0.402. The Bertz CT molecular complexity index is 842. The van der Waals surface area contributed by atoms with Gasteiger partial charge in [-0.2, -0.15) is 0 Å². The van der Waals surface area contributed by atoms with Crippen molar-refractivity contribution in [1.82, 2.24) is 0 Å². The van der Waals surface area contributed by atoms with Crippen molar-refractivity contribution in [2.45, 2.75) is 23.6 Å². The second-order valence-electron chi connectivity index (χ2n) is 5.27. The molecule has 4 nitrogen and oxygen atoms in total. The summed E-state index contributed by atoms with van der Waals surface area (Å²) in [7, 11) is -2.11. The lowest BCUT2D eigenvalue weighted by atomic mass is 10.00. The van der Waals surface area contributed by atoms with E-state index in [0.29, 0.717) is 22.4 Å². The predicted molar refractivity (Wildman–Crippen MR) is 109 cm³/mol. The Morgan fingerprint density at radius 2 is 1.50 bits per heavy atom. The Kier molecular flexibility index (Phi) is 9.10. The molecule has 0 saturated carbocycles. The van der Waals surface area contributed by atoms with Gasteiger partial charge in [0.15, 0.2) is 5.78 Å². The molecule has 0 N–H and O–H groups in total. The van der Waals surface area contributed by atoms with E-state index in [0.717, 1.165) is 0 Å². The molecule has 142 valence electrons. The van der Waals surface area contributed by atoms with E-state index in [9.17, 15) is 13.2 Å². The Hall–Kier alpha value is -1.08. The molecule has 0 atom stereocenters. The Morgan fingerprint density at radius 3 is 1.88 bits per heavy atom. The molecule has 0 aromatic heterocycles. The average molecular weight is 482 g/mol. The molecule has 0 amide bonds. The molecule has 2 rings (SSSR count). The quantitative estimate of drug-likeness (QED) is 0.438. The van der Waals surface area contributed by atoms with Crippen LogP contribution in [0, 0.1) is 13.8 Å². The van der Waals surface area contributed by atoms with Crippen LogP contribution < -0.4 is 4.74 Å². The molecule has 0 saturated heterocycles. The van der Waals surface area contributed by atoms with Crippen molar-refractivity contribution in [2.75, 3.05) is 17.8 Å². The van der Waals surface area contributed by atoms with Crippen LogP contribution in [0.5, 0.6) is 5.75 Å². The average Bonchev–Trinajstić information content (AvgIpc) is 2.61. The van der Waals surface area contributed by atoms with E-state index < -0.39 is 9.84 Å². The Balaban J connectivity index is 0.00000105. The lowest BCUT2D eigenvalue weighted by molar-refractivity contribution is 0.102. The van der Waals surface area contributed by atoms with Gasteiger partial charge in [0.25, 0.3) is 0 Å². The lowest BCUT2D eigenvalue weighted by Crippen LogP contribution is -2.09. The fourth-order valence-electron chi connectivity index (χ4n) is 2.48. The zero-order valence-corrected chi connectivity index (χ0v) is 18.5. The van der Waals surface area contributed by atoms with E-state index in [1.165, 1.54) is 19.2 Å². The van der Waals surface area contributed by atoms with Crippen molar-refractivity contribution in [1.29, 1.82) is 0 Å². The van der Waals surface area contributed by atoms with Gasteiger partial charge in [-0.1, -0.05) is 15.9 Å². The molecule has 2 aromatic rings. The number of halogens is 3. The van der Waals surface area contributed by atoms with E-state index in [1.54, 1.807) is 38.1 Å². The Labute approximate surface area is 172 Å². The number of carbonyl (C=O) groups is 1. The monoisotopic (exact) mass is 480 g/mol. The number of Topliss-reactive ketones (excluding diaryl/α,β-unsaturated/α-hetero) is 1. The summed E-state index contributed by atoms with van der Waals surface area (Å²) >= 11 is 12.7. The van der Waals surface area contributed by atoms with Gasteiger partial charge in [-0.3, -0.25) is 4.79 Å².